The van der Waals surface area contributed by atoms with E-state index in [4.69, 9.17) is 9.47 Å². The van der Waals surface area contributed by atoms with Crippen molar-refractivity contribution in [3.63, 3.8) is 0 Å². The molecule has 3 aromatic rings. The zero-order valence-electron chi connectivity index (χ0n) is 18.9. The van der Waals surface area contributed by atoms with Crippen LogP contribution in [0.3, 0.4) is 0 Å². The molecule has 0 bridgehead atoms. The Morgan fingerprint density at radius 1 is 0.765 bits per heavy atom. The molecule has 2 amide bonds. The SMILES string of the molecule is O=C(Nc1ccnn1C[C@@H]1CCOC1)c1ccc(C(=O)Nc2ccnn2C[C@@H]2CCOC2)cc1. The zero-order chi connectivity index (χ0) is 23.3. The van der Waals surface area contributed by atoms with Gasteiger partial charge in [-0.1, -0.05) is 0 Å². The molecule has 2 aliphatic rings. The minimum atomic E-state index is -0.256. The van der Waals surface area contributed by atoms with E-state index in [0.29, 0.717) is 60.9 Å². The van der Waals surface area contributed by atoms with Crippen LogP contribution in [-0.4, -0.2) is 57.8 Å². The smallest absolute Gasteiger partial charge is 0.256 e. The number of carbonyl (C=O) groups excluding carboxylic acids is 2. The van der Waals surface area contributed by atoms with Crippen LogP contribution in [0, 0.1) is 11.8 Å². The number of nitrogens with one attached hydrogen (secondary N) is 2. The second kappa shape index (κ2) is 10.2. The number of rotatable bonds is 8. The summed E-state index contributed by atoms with van der Waals surface area (Å²) in [5.74, 6) is 1.56. The Morgan fingerprint density at radius 2 is 1.21 bits per heavy atom. The van der Waals surface area contributed by atoms with Crippen LogP contribution in [0.4, 0.5) is 11.6 Å². The Kier molecular flexibility index (Phi) is 6.68. The Balaban J connectivity index is 1.19. The molecule has 1 aromatic carbocycles. The van der Waals surface area contributed by atoms with Crippen LogP contribution in [0.15, 0.2) is 48.8 Å². The highest BCUT2D eigenvalue weighted by Crippen LogP contribution is 2.19. The highest BCUT2D eigenvalue weighted by atomic mass is 16.5. The molecular weight excluding hydrogens is 436 g/mol. The van der Waals surface area contributed by atoms with E-state index in [1.165, 1.54) is 0 Å². The van der Waals surface area contributed by atoms with Crippen LogP contribution >= 0.6 is 0 Å². The third kappa shape index (κ3) is 5.18. The van der Waals surface area contributed by atoms with Crippen molar-refractivity contribution < 1.29 is 19.1 Å². The molecule has 2 aliphatic heterocycles. The molecule has 2 saturated heterocycles. The van der Waals surface area contributed by atoms with Crippen molar-refractivity contribution in [2.24, 2.45) is 11.8 Å². The maximum Gasteiger partial charge on any atom is 0.256 e. The van der Waals surface area contributed by atoms with Crippen molar-refractivity contribution in [3.05, 3.63) is 59.9 Å². The van der Waals surface area contributed by atoms with Crippen molar-refractivity contribution in [2.45, 2.75) is 25.9 Å². The molecule has 0 aliphatic carbocycles. The number of amides is 2. The summed E-state index contributed by atoms with van der Waals surface area (Å²) in [6.45, 7) is 4.37. The number of hydrogen-bond acceptors (Lipinski definition) is 6. The number of carbonyl (C=O) groups is 2. The van der Waals surface area contributed by atoms with E-state index < -0.39 is 0 Å². The van der Waals surface area contributed by atoms with Crippen LogP contribution in [0.5, 0.6) is 0 Å². The van der Waals surface area contributed by atoms with Crippen LogP contribution in [0.25, 0.3) is 0 Å². The second-order valence-electron chi connectivity index (χ2n) is 8.74. The molecule has 4 heterocycles. The third-order valence-electron chi connectivity index (χ3n) is 6.24. The summed E-state index contributed by atoms with van der Waals surface area (Å²) in [7, 11) is 0. The first-order chi connectivity index (χ1) is 16.7. The predicted molar refractivity (Wildman–Crippen MR) is 125 cm³/mol. The first-order valence-electron chi connectivity index (χ1n) is 11.6. The molecule has 0 spiro atoms. The molecule has 0 radical (unpaired) electrons. The Hall–Kier alpha value is -3.50. The monoisotopic (exact) mass is 464 g/mol. The number of aromatic nitrogens is 4. The van der Waals surface area contributed by atoms with Gasteiger partial charge in [-0.2, -0.15) is 10.2 Å². The molecule has 178 valence electrons. The molecule has 2 fully saturated rings. The summed E-state index contributed by atoms with van der Waals surface area (Å²) >= 11 is 0. The number of ether oxygens (including phenoxy) is 2. The summed E-state index contributed by atoms with van der Waals surface area (Å²) < 4.78 is 14.4. The lowest BCUT2D eigenvalue weighted by Crippen LogP contribution is -2.20. The van der Waals surface area contributed by atoms with Crippen molar-refractivity contribution in [2.75, 3.05) is 37.1 Å². The molecule has 5 rings (SSSR count). The Labute approximate surface area is 197 Å². The van der Waals surface area contributed by atoms with Gasteiger partial charge in [-0.05, 0) is 37.1 Å². The van der Waals surface area contributed by atoms with E-state index in [2.05, 4.69) is 20.8 Å². The third-order valence-corrected chi connectivity index (χ3v) is 6.24. The van der Waals surface area contributed by atoms with Gasteiger partial charge >= 0.3 is 0 Å². The number of hydrogen-bond donors (Lipinski definition) is 2. The quantitative estimate of drug-likeness (QED) is 0.530. The molecule has 2 atom stereocenters. The molecule has 10 heteroatoms. The van der Waals surface area contributed by atoms with Gasteiger partial charge in [0.2, 0.25) is 0 Å². The average molecular weight is 465 g/mol. The standard InChI is InChI=1S/C24H28N6O4/c31-23(27-21-5-9-25-29(21)13-17-7-11-33-15-17)19-1-2-20(4-3-19)24(32)28-22-6-10-26-30(22)14-18-8-12-34-16-18/h1-6,9-10,17-18H,7-8,11-16H2,(H,27,31)(H,28,32)/t17-,18-/m0/s1. The van der Waals surface area contributed by atoms with Crippen molar-refractivity contribution in [1.29, 1.82) is 0 Å². The molecule has 2 N–H and O–H groups in total. The molecule has 10 nitrogen and oxygen atoms in total. The fourth-order valence-electron chi connectivity index (χ4n) is 4.26. The normalized spacial score (nSPS) is 19.9. The van der Waals surface area contributed by atoms with Crippen LogP contribution in [0.1, 0.15) is 33.6 Å². The first-order valence-corrected chi connectivity index (χ1v) is 11.6. The lowest BCUT2D eigenvalue weighted by Gasteiger charge is -2.13. The highest BCUT2D eigenvalue weighted by Gasteiger charge is 2.20. The maximum absolute atomic E-state index is 12.7. The van der Waals surface area contributed by atoms with Gasteiger partial charge in [-0.15, -0.1) is 0 Å². The van der Waals surface area contributed by atoms with Gasteiger partial charge in [-0.3, -0.25) is 9.59 Å². The number of benzene rings is 1. The van der Waals surface area contributed by atoms with Gasteiger partial charge in [0, 0.05) is 61.4 Å². The minimum Gasteiger partial charge on any atom is -0.381 e. The average Bonchev–Trinajstić information content (AvgIpc) is 3.66. The number of anilines is 2. The summed E-state index contributed by atoms with van der Waals surface area (Å²) in [6.07, 6.45) is 5.33. The van der Waals surface area contributed by atoms with E-state index >= 15 is 0 Å². The summed E-state index contributed by atoms with van der Waals surface area (Å²) in [5.41, 5.74) is 0.916. The predicted octanol–water partition coefficient (Wildman–Crippen LogP) is 2.66. The Bertz CT molecular complexity index is 1040. The summed E-state index contributed by atoms with van der Waals surface area (Å²) in [4.78, 5) is 25.5. The second-order valence-corrected chi connectivity index (χ2v) is 8.74. The van der Waals surface area contributed by atoms with E-state index in [1.54, 1.807) is 58.2 Å². The van der Waals surface area contributed by atoms with Gasteiger partial charge in [0.25, 0.3) is 11.8 Å². The first kappa shape index (κ1) is 22.3. The molecule has 34 heavy (non-hydrogen) atoms. The van der Waals surface area contributed by atoms with Crippen molar-refractivity contribution >= 4 is 23.5 Å². The van der Waals surface area contributed by atoms with E-state index in [1.807, 2.05) is 0 Å². The zero-order valence-corrected chi connectivity index (χ0v) is 18.9. The van der Waals surface area contributed by atoms with E-state index in [-0.39, 0.29) is 11.8 Å². The van der Waals surface area contributed by atoms with Crippen LogP contribution in [-0.2, 0) is 22.6 Å². The van der Waals surface area contributed by atoms with Gasteiger partial charge in [-0.25, -0.2) is 9.36 Å². The van der Waals surface area contributed by atoms with Gasteiger partial charge < -0.3 is 20.1 Å². The number of nitrogens with zero attached hydrogens (tertiary/aromatic N) is 4. The highest BCUT2D eigenvalue weighted by molar-refractivity contribution is 6.06. The van der Waals surface area contributed by atoms with Crippen LogP contribution in [0.2, 0.25) is 0 Å². The topological polar surface area (TPSA) is 112 Å². The lowest BCUT2D eigenvalue weighted by atomic mass is 10.1. The van der Waals surface area contributed by atoms with Gasteiger partial charge in [0.05, 0.1) is 25.6 Å². The minimum absolute atomic E-state index is 0.256. The Morgan fingerprint density at radius 3 is 1.59 bits per heavy atom. The summed E-state index contributed by atoms with van der Waals surface area (Å²) in [5, 5.41) is 14.4. The largest absolute Gasteiger partial charge is 0.381 e. The molecule has 0 unspecified atom stereocenters. The van der Waals surface area contributed by atoms with Crippen molar-refractivity contribution in [3.8, 4) is 0 Å². The fraction of sp³-hybridized carbons (Fsp3) is 0.417. The van der Waals surface area contributed by atoms with Crippen molar-refractivity contribution in [1.82, 2.24) is 19.6 Å². The van der Waals surface area contributed by atoms with Gasteiger partial charge in [0.15, 0.2) is 0 Å². The fourth-order valence-corrected chi connectivity index (χ4v) is 4.26. The molecule has 0 saturated carbocycles. The van der Waals surface area contributed by atoms with E-state index in [0.717, 1.165) is 26.1 Å². The lowest BCUT2D eigenvalue weighted by molar-refractivity contribution is 0.101. The molecule has 2 aromatic heterocycles. The molecular formula is C24H28N6O4. The maximum atomic E-state index is 12.7. The van der Waals surface area contributed by atoms with Crippen LogP contribution < -0.4 is 10.6 Å². The van der Waals surface area contributed by atoms with Gasteiger partial charge in [0.1, 0.15) is 11.6 Å². The summed E-state index contributed by atoms with van der Waals surface area (Å²) in [6, 6.07) is 10.1. The van der Waals surface area contributed by atoms with E-state index in [9.17, 15) is 9.59 Å².